The number of hydrogen-bond donors (Lipinski definition) is 2. The zero-order valence-corrected chi connectivity index (χ0v) is 13.8. The Morgan fingerprint density at radius 1 is 1.42 bits per heavy atom. The minimum atomic E-state index is -0.858. The van der Waals surface area contributed by atoms with E-state index in [4.69, 9.17) is 0 Å². The molecular weight excluding hydrogens is 328 g/mol. The van der Waals surface area contributed by atoms with Crippen molar-refractivity contribution in [1.29, 1.82) is 0 Å². The predicted molar refractivity (Wildman–Crippen MR) is 89.7 cm³/mol. The van der Waals surface area contributed by atoms with Crippen LogP contribution in [-0.4, -0.2) is 44.9 Å². The molecule has 0 radical (unpaired) electrons. The Morgan fingerprint density at radius 2 is 2.21 bits per heavy atom. The number of anilines is 1. The summed E-state index contributed by atoms with van der Waals surface area (Å²) in [5.74, 6) is -0.961. The minimum Gasteiger partial charge on any atom is -0.481 e. The molecule has 1 aliphatic rings. The lowest BCUT2D eigenvalue weighted by Crippen LogP contribution is -2.47. The van der Waals surface area contributed by atoms with Crippen LogP contribution in [0.5, 0.6) is 0 Å². The second-order valence-electron chi connectivity index (χ2n) is 5.57. The van der Waals surface area contributed by atoms with Crippen LogP contribution in [0.15, 0.2) is 35.3 Å². The second kappa shape index (κ2) is 7.39. The SMILES string of the molecule is O=C(O)C1CCC(=O)N(CCNc2ncccn2)C1c1ccsc1. The number of carboxylic acids is 1. The van der Waals surface area contributed by atoms with E-state index in [1.54, 1.807) is 23.4 Å². The average Bonchev–Trinajstić information content (AvgIpc) is 3.11. The lowest BCUT2D eigenvalue weighted by atomic mass is 9.85. The van der Waals surface area contributed by atoms with E-state index in [-0.39, 0.29) is 12.3 Å². The number of carbonyl (C=O) groups excluding carboxylic acids is 1. The molecule has 126 valence electrons. The number of nitrogens with zero attached hydrogens (tertiary/aromatic N) is 3. The highest BCUT2D eigenvalue weighted by molar-refractivity contribution is 7.08. The molecule has 8 heteroatoms. The fraction of sp³-hybridized carbons (Fsp3) is 0.375. The fourth-order valence-corrected chi connectivity index (χ4v) is 3.70. The monoisotopic (exact) mass is 346 g/mol. The van der Waals surface area contributed by atoms with Crippen LogP contribution < -0.4 is 5.32 Å². The topological polar surface area (TPSA) is 95.4 Å². The van der Waals surface area contributed by atoms with Crippen molar-refractivity contribution >= 4 is 29.2 Å². The van der Waals surface area contributed by atoms with Crippen LogP contribution >= 0.6 is 11.3 Å². The van der Waals surface area contributed by atoms with Crippen LogP contribution in [-0.2, 0) is 9.59 Å². The van der Waals surface area contributed by atoms with Crippen molar-refractivity contribution in [3.05, 3.63) is 40.8 Å². The molecule has 1 saturated heterocycles. The van der Waals surface area contributed by atoms with Crippen LogP contribution in [0.1, 0.15) is 24.4 Å². The van der Waals surface area contributed by atoms with Gasteiger partial charge in [0, 0.05) is 31.9 Å². The van der Waals surface area contributed by atoms with E-state index in [1.807, 2.05) is 16.8 Å². The third-order valence-electron chi connectivity index (χ3n) is 4.11. The Morgan fingerprint density at radius 3 is 2.88 bits per heavy atom. The van der Waals surface area contributed by atoms with E-state index in [0.29, 0.717) is 25.5 Å². The third-order valence-corrected chi connectivity index (χ3v) is 4.81. The van der Waals surface area contributed by atoms with Gasteiger partial charge in [0.25, 0.3) is 0 Å². The van der Waals surface area contributed by atoms with Crippen molar-refractivity contribution in [2.24, 2.45) is 5.92 Å². The molecule has 7 nitrogen and oxygen atoms in total. The van der Waals surface area contributed by atoms with Crippen LogP contribution in [0.2, 0.25) is 0 Å². The first-order valence-electron chi connectivity index (χ1n) is 7.72. The van der Waals surface area contributed by atoms with E-state index < -0.39 is 17.9 Å². The number of thiophene rings is 1. The summed E-state index contributed by atoms with van der Waals surface area (Å²) >= 11 is 1.50. The van der Waals surface area contributed by atoms with Crippen LogP contribution in [0.3, 0.4) is 0 Å². The molecule has 2 atom stereocenters. The standard InChI is InChI=1S/C16H18N4O3S/c21-13-3-2-12(15(22)23)14(11-4-9-24-10-11)20(13)8-7-19-16-17-5-1-6-18-16/h1,4-6,9-10,12,14H,2-3,7-8H2,(H,22,23)(H,17,18,19). The number of carbonyl (C=O) groups is 2. The maximum atomic E-state index is 12.4. The van der Waals surface area contributed by atoms with Gasteiger partial charge in [-0.15, -0.1) is 0 Å². The van der Waals surface area contributed by atoms with Crippen molar-refractivity contribution in [2.75, 3.05) is 18.4 Å². The first-order chi connectivity index (χ1) is 11.7. The van der Waals surface area contributed by atoms with Gasteiger partial charge in [0.1, 0.15) is 0 Å². The van der Waals surface area contributed by atoms with Crippen LogP contribution in [0, 0.1) is 5.92 Å². The molecule has 1 aliphatic heterocycles. The number of likely N-dealkylation sites (tertiary alicyclic amines) is 1. The number of amides is 1. The molecule has 2 unspecified atom stereocenters. The van der Waals surface area contributed by atoms with Gasteiger partial charge in [-0.05, 0) is 34.9 Å². The summed E-state index contributed by atoms with van der Waals surface area (Å²) in [6.07, 6.45) is 3.91. The van der Waals surface area contributed by atoms with Gasteiger partial charge in [-0.1, -0.05) is 0 Å². The minimum absolute atomic E-state index is 0.0144. The molecule has 0 aromatic carbocycles. The number of piperidine rings is 1. The average molecular weight is 346 g/mol. The van der Waals surface area contributed by atoms with Gasteiger partial charge in [0.05, 0.1) is 12.0 Å². The van der Waals surface area contributed by atoms with Crippen molar-refractivity contribution in [3.8, 4) is 0 Å². The lowest BCUT2D eigenvalue weighted by Gasteiger charge is -2.39. The maximum Gasteiger partial charge on any atom is 0.308 e. The Kier molecular flexibility index (Phi) is 5.05. The highest BCUT2D eigenvalue weighted by Crippen LogP contribution is 2.37. The molecule has 0 bridgehead atoms. The number of aromatic nitrogens is 2. The van der Waals surface area contributed by atoms with E-state index in [2.05, 4.69) is 15.3 Å². The molecule has 2 aromatic heterocycles. The Labute approximate surface area is 143 Å². The molecule has 0 aliphatic carbocycles. The number of nitrogens with one attached hydrogen (secondary N) is 1. The van der Waals surface area contributed by atoms with Gasteiger partial charge in [0.2, 0.25) is 11.9 Å². The summed E-state index contributed by atoms with van der Waals surface area (Å²) in [5, 5.41) is 16.4. The van der Waals surface area contributed by atoms with E-state index >= 15 is 0 Å². The highest BCUT2D eigenvalue weighted by Gasteiger charge is 2.40. The Hall–Kier alpha value is -2.48. The molecule has 24 heavy (non-hydrogen) atoms. The number of hydrogen-bond acceptors (Lipinski definition) is 6. The zero-order chi connectivity index (χ0) is 16.9. The molecule has 1 fully saturated rings. The van der Waals surface area contributed by atoms with Crippen molar-refractivity contribution in [1.82, 2.24) is 14.9 Å². The largest absolute Gasteiger partial charge is 0.481 e. The molecule has 2 N–H and O–H groups in total. The summed E-state index contributed by atoms with van der Waals surface area (Å²) < 4.78 is 0. The first kappa shape index (κ1) is 16.4. The Balaban J connectivity index is 1.74. The predicted octanol–water partition coefficient (Wildman–Crippen LogP) is 2.01. The molecule has 0 spiro atoms. The second-order valence-corrected chi connectivity index (χ2v) is 6.35. The van der Waals surface area contributed by atoms with Crippen LogP contribution in [0.4, 0.5) is 5.95 Å². The van der Waals surface area contributed by atoms with Gasteiger partial charge in [-0.2, -0.15) is 11.3 Å². The van der Waals surface area contributed by atoms with Crippen LogP contribution in [0.25, 0.3) is 0 Å². The molecule has 1 amide bonds. The van der Waals surface area contributed by atoms with Gasteiger partial charge in [0.15, 0.2) is 0 Å². The summed E-state index contributed by atoms with van der Waals surface area (Å²) in [6, 6.07) is 3.20. The van der Waals surface area contributed by atoms with E-state index in [9.17, 15) is 14.7 Å². The van der Waals surface area contributed by atoms with Gasteiger partial charge in [-0.25, -0.2) is 9.97 Å². The van der Waals surface area contributed by atoms with Crippen molar-refractivity contribution in [3.63, 3.8) is 0 Å². The summed E-state index contributed by atoms with van der Waals surface area (Å²) in [5.41, 5.74) is 0.886. The van der Waals surface area contributed by atoms with Crippen molar-refractivity contribution in [2.45, 2.75) is 18.9 Å². The number of rotatable bonds is 6. The molecule has 3 rings (SSSR count). The fourth-order valence-electron chi connectivity index (χ4n) is 3.01. The molecule has 2 aromatic rings. The highest BCUT2D eigenvalue weighted by atomic mass is 32.1. The smallest absolute Gasteiger partial charge is 0.308 e. The van der Waals surface area contributed by atoms with Gasteiger partial charge >= 0.3 is 5.97 Å². The maximum absolute atomic E-state index is 12.4. The summed E-state index contributed by atoms with van der Waals surface area (Å²) in [6.45, 7) is 0.865. The molecule has 3 heterocycles. The van der Waals surface area contributed by atoms with E-state index in [1.165, 1.54) is 11.3 Å². The lowest BCUT2D eigenvalue weighted by molar-refractivity contribution is -0.151. The Bertz CT molecular complexity index is 693. The van der Waals surface area contributed by atoms with Gasteiger partial charge in [-0.3, -0.25) is 9.59 Å². The molecular formula is C16H18N4O3S. The third kappa shape index (κ3) is 3.53. The quantitative estimate of drug-likeness (QED) is 0.831. The number of carboxylic acid groups (broad SMARTS) is 1. The first-order valence-corrected chi connectivity index (χ1v) is 8.66. The van der Waals surface area contributed by atoms with E-state index in [0.717, 1.165) is 5.56 Å². The zero-order valence-electron chi connectivity index (χ0n) is 13.0. The normalized spacial score (nSPS) is 20.8. The van der Waals surface area contributed by atoms with Crippen molar-refractivity contribution < 1.29 is 14.7 Å². The van der Waals surface area contributed by atoms with Gasteiger partial charge < -0.3 is 15.3 Å². The number of aliphatic carboxylic acids is 1. The summed E-state index contributed by atoms with van der Waals surface area (Å²) in [7, 11) is 0. The molecule has 0 saturated carbocycles. The summed E-state index contributed by atoms with van der Waals surface area (Å²) in [4.78, 5) is 33.8.